The second-order valence-electron chi connectivity index (χ2n) is 4.76. The van der Waals surface area contributed by atoms with E-state index >= 15 is 0 Å². The van der Waals surface area contributed by atoms with Crippen molar-refractivity contribution in [1.82, 2.24) is 14.8 Å². The van der Waals surface area contributed by atoms with E-state index in [0.717, 1.165) is 10.9 Å². The highest BCUT2D eigenvalue weighted by atomic mass is 16.5. The average Bonchev–Trinajstić information content (AvgIpc) is 3.00. The Balaban J connectivity index is 2.34. The molecule has 7 heteroatoms. The van der Waals surface area contributed by atoms with Gasteiger partial charge < -0.3 is 9.47 Å². The number of fused-ring (bicyclic) bond motifs is 3. The van der Waals surface area contributed by atoms with Gasteiger partial charge in [0, 0.05) is 5.39 Å². The van der Waals surface area contributed by atoms with Crippen LogP contribution in [-0.4, -0.2) is 40.0 Å². The number of rotatable bonds is 4. The molecule has 0 aliphatic heterocycles. The number of hydrogen-bond acceptors (Lipinski definition) is 6. The van der Waals surface area contributed by atoms with Gasteiger partial charge in [0.05, 0.1) is 24.3 Å². The number of hydrogen-bond donors (Lipinski definition) is 0. The number of esters is 2. The lowest BCUT2D eigenvalue weighted by Gasteiger charge is -2.08. The van der Waals surface area contributed by atoms with Crippen molar-refractivity contribution < 1.29 is 19.1 Å². The molecule has 0 aliphatic rings. The number of ether oxygens (including phenoxy) is 2. The van der Waals surface area contributed by atoms with Crippen LogP contribution >= 0.6 is 0 Å². The lowest BCUT2D eigenvalue weighted by Crippen LogP contribution is -2.11. The summed E-state index contributed by atoms with van der Waals surface area (Å²) in [4.78, 5) is 24.4. The van der Waals surface area contributed by atoms with Crippen LogP contribution in [0.3, 0.4) is 0 Å². The lowest BCUT2D eigenvalue weighted by molar-refractivity contribution is 0.0521. The predicted molar refractivity (Wildman–Crippen MR) is 82.4 cm³/mol. The molecule has 7 nitrogen and oxygen atoms in total. The smallest absolute Gasteiger partial charge is 0.361 e. The normalized spacial score (nSPS) is 10.9. The SMILES string of the molecule is CCOC(=O)c1cc2ccccc2n2nnc(C(=O)OCC)c12. The minimum Gasteiger partial charge on any atom is -0.462 e. The fraction of sp³-hybridized carbons (Fsp3) is 0.250. The number of nitrogens with zero attached hydrogens (tertiary/aromatic N) is 3. The topological polar surface area (TPSA) is 82.8 Å². The molecule has 1 aromatic carbocycles. The zero-order valence-corrected chi connectivity index (χ0v) is 12.8. The summed E-state index contributed by atoms with van der Waals surface area (Å²) < 4.78 is 11.5. The molecule has 0 amide bonds. The molecule has 2 aromatic heterocycles. The average molecular weight is 313 g/mol. The molecule has 2 heterocycles. The van der Waals surface area contributed by atoms with Crippen LogP contribution in [0.1, 0.15) is 34.7 Å². The van der Waals surface area contributed by atoms with E-state index in [0.29, 0.717) is 5.52 Å². The van der Waals surface area contributed by atoms with Crippen molar-refractivity contribution in [3.05, 3.63) is 41.6 Å². The van der Waals surface area contributed by atoms with Crippen molar-refractivity contribution in [3.63, 3.8) is 0 Å². The number of aromatic nitrogens is 3. The van der Waals surface area contributed by atoms with Crippen molar-refractivity contribution in [1.29, 1.82) is 0 Å². The fourth-order valence-corrected chi connectivity index (χ4v) is 2.42. The zero-order valence-electron chi connectivity index (χ0n) is 12.8. The van der Waals surface area contributed by atoms with Gasteiger partial charge in [0.15, 0.2) is 5.69 Å². The summed E-state index contributed by atoms with van der Waals surface area (Å²) in [5.41, 5.74) is 1.26. The van der Waals surface area contributed by atoms with E-state index in [1.807, 2.05) is 24.3 Å². The third-order valence-electron chi connectivity index (χ3n) is 3.35. The summed E-state index contributed by atoms with van der Waals surface area (Å²) in [7, 11) is 0. The number of carbonyl (C=O) groups is 2. The molecule has 0 unspecified atom stereocenters. The summed E-state index contributed by atoms with van der Waals surface area (Å²) in [5, 5.41) is 8.70. The maximum atomic E-state index is 12.3. The van der Waals surface area contributed by atoms with E-state index in [4.69, 9.17) is 9.47 Å². The van der Waals surface area contributed by atoms with Crippen molar-refractivity contribution >= 4 is 28.4 Å². The highest BCUT2D eigenvalue weighted by Gasteiger charge is 2.24. The van der Waals surface area contributed by atoms with E-state index in [1.165, 1.54) is 4.52 Å². The van der Waals surface area contributed by atoms with Crippen LogP contribution in [0.4, 0.5) is 0 Å². The first-order valence-electron chi connectivity index (χ1n) is 7.28. The molecule has 0 bridgehead atoms. The molecule has 23 heavy (non-hydrogen) atoms. The predicted octanol–water partition coefficient (Wildman–Crippen LogP) is 2.24. The second-order valence-corrected chi connectivity index (χ2v) is 4.76. The van der Waals surface area contributed by atoms with Gasteiger partial charge in [0.25, 0.3) is 0 Å². The molecule has 0 N–H and O–H groups in total. The minimum absolute atomic E-state index is 0.000608. The van der Waals surface area contributed by atoms with Crippen LogP contribution in [0, 0.1) is 0 Å². The lowest BCUT2D eigenvalue weighted by atomic mass is 10.1. The molecule has 0 aliphatic carbocycles. The first-order chi connectivity index (χ1) is 11.2. The molecule has 0 spiro atoms. The molecular formula is C16H15N3O4. The van der Waals surface area contributed by atoms with Gasteiger partial charge in [-0.25, -0.2) is 14.1 Å². The zero-order chi connectivity index (χ0) is 16.4. The van der Waals surface area contributed by atoms with Gasteiger partial charge in [-0.05, 0) is 26.0 Å². The Hall–Kier alpha value is -2.96. The van der Waals surface area contributed by atoms with E-state index < -0.39 is 11.9 Å². The maximum Gasteiger partial charge on any atom is 0.361 e. The van der Waals surface area contributed by atoms with Gasteiger partial charge in [-0.1, -0.05) is 23.4 Å². The largest absolute Gasteiger partial charge is 0.462 e. The summed E-state index contributed by atoms with van der Waals surface area (Å²) in [6.45, 7) is 3.86. The molecule has 118 valence electrons. The summed E-state index contributed by atoms with van der Waals surface area (Å²) in [6, 6.07) is 9.06. The van der Waals surface area contributed by atoms with Crippen LogP contribution < -0.4 is 0 Å². The Bertz CT molecular complexity index is 901. The van der Waals surface area contributed by atoms with Crippen LogP contribution in [0.2, 0.25) is 0 Å². The van der Waals surface area contributed by atoms with Gasteiger partial charge >= 0.3 is 11.9 Å². The summed E-state index contributed by atoms with van der Waals surface area (Å²) in [6.07, 6.45) is 0. The third kappa shape index (κ3) is 2.50. The Kier molecular flexibility index (Phi) is 3.92. The van der Waals surface area contributed by atoms with Crippen molar-refractivity contribution in [2.24, 2.45) is 0 Å². The van der Waals surface area contributed by atoms with Gasteiger partial charge in [0.1, 0.15) is 5.52 Å². The van der Waals surface area contributed by atoms with E-state index in [9.17, 15) is 9.59 Å². The van der Waals surface area contributed by atoms with Crippen LogP contribution in [-0.2, 0) is 9.47 Å². The Morgan fingerprint density at radius 3 is 2.52 bits per heavy atom. The molecule has 0 saturated carbocycles. The molecular weight excluding hydrogens is 298 g/mol. The fourth-order valence-electron chi connectivity index (χ4n) is 2.42. The summed E-state index contributed by atoms with van der Waals surface area (Å²) in [5.74, 6) is -1.15. The van der Waals surface area contributed by atoms with Crippen LogP contribution in [0.5, 0.6) is 0 Å². The van der Waals surface area contributed by atoms with E-state index in [1.54, 1.807) is 19.9 Å². The molecule has 0 saturated heterocycles. The minimum atomic E-state index is -0.622. The monoisotopic (exact) mass is 313 g/mol. The first-order valence-corrected chi connectivity index (χ1v) is 7.28. The van der Waals surface area contributed by atoms with Crippen LogP contribution in [0.25, 0.3) is 16.4 Å². The van der Waals surface area contributed by atoms with Gasteiger partial charge in [0.2, 0.25) is 0 Å². The Morgan fingerprint density at radius 2 is 1.78 bits per heavy atom. The third-order valence-corrected chi connectivity index (χ3v) is 3.35. The van der Waals surface area contributed by atoms with Crippen molar-refractivity contribution in [2.75, 3.05) is 13.2 Å². The summed E-state index contributed by atoms with van der Waals surface area (Å²) >= 11 is 0. The van der Waals surface area contributed by atoms with Crippen molar-refractivity contribution in [3.8, 4) is 0 Å². The molecule has 0 radical (unpaired) electrons. The van der Waals surface area contributed by atoms with Crippen molar-refractivity contribution in [2.45, 2.75) is 13.8 Å². The van der Waals surface area contributed by atoms with E-state index in [-0.39, 0.29) is 24.5 Å². The highest BCUT2D eigenvalue weighted by Crippen LogP contribution is 2.24. The van der Waals surface area contributed by atoms with Crippen LogP contribution in [0.15, 0.2) is 30.3 Å². The first kappa shape index (κ1) is 15.0. The van der Waals surface area contributed by atoms with Gasteiger partial charge in [-0.15, -0.1) is 5.10 Å². The van der Waals surface area contributed by atoms with Gasteiger partial charge in [-0.2, -0.15) is 0 Å². The molecule has 3 rings (SSSR count). The molecule has 3 aromatic rings. The second kappa shape index (κ2) is 6.04. The Morgan fingerprint density at radius 1 is 1.09 bits per heavy atom. The Labute approximate surface area is 131 Å². The standard InChI is InChI=1S/C16H15N3O4/c1-3-22-15(20)11-9-10-7-5-6-8-12(10)19-14(11)13(17-18-19)16(21)23-4-2/h5-9H,3-4H2,1-2H3. The molecule has 0 atom stereocenters. The number of pyridine rings is 1. The quantitative estimate of drug-likeness (QED) is 0.687. The molecule has 0 fully saturated rings. The van der Waals surface area contributed by atoms with E-state index in [2.05, 4.69) is 10.3 Å². The number of carbonyl (C=O) groups excluding carboxylic acids is 2. The number of benzene rings is 1. The maximum absolute atomic E-state index is 12.3. The highest BCUT2D eigenvalue weighted by molar-refractivity contribution is 6.07. The van der Waals surface area contributed by atoms with Gasteiger partial charge in [-0.3, -0.25) is 0 Å². The number of para-hydroxylation sites is 1.